The van der Waals surface area contributed by atoms with E-state index in [4.69, 9.17) is 5.73 Å². The van der Waals surface area contributed by atoms with Crippen LogP contribution in [0, 0.1) is 0 Å². The summed E-state index contributed by atoms with van der Waals surface area (Å²) in [5.74, 6) is 0. The molecule has 0 bridgehead atoms. The largest absolute Gasteiger partial charge is 0.369 e. The summed E-state index contributed by atoms with van der Waals surface area (Å²) in [6.07, 6.45) is 1.24. The van der Waals surface area contributed by atoms with Gasteiger partial charge in [-0.15, -0.1) is 0 Å². The van der Waals surface area contributed by atoms with Crippen molar-refractivity contribution in [2.24, 2.45) is 5.73 Å². The van der Waals surface area contributed by atoms with E-state index in [-0.39, 0.29) is 6.04 Å². The normalized spacial score (nSPS) is 20.3. The second-order valence-electron chi connectivity index (χ2n) is 5.66. The number of anilines is 1. The van der Waals surface area contributed by atoms with Crippen LogP contribution >= 0.6 is 0 Å². The Balaban J connectivity index is 1.94. The van der Waals surface area contributed by atoms with E-state index in [1.165, 1.54) is 30.8 Å². The van der Waals surface area contributed by atoms with E-state index in [9.17, 15) is 0 Å². The Morgan fingerprint density at radius 1 is 1.05 bits per heavy atom. The quantitative estimate of drug-likeness (QED) is 0.904. The van der Waals surface area contributed by atoms with Gasteiger partial charge in [0.15, 0.2) is 0 Å². The van der Waals surface area contributed by atoms with Crippen molar-refractivity contribution >= 4 is 5.69 Å². The topological polar surface area (TPSA) is 32.5 Å². The first kappa shape index (κ1) is 14.4. The fourth-order valence-electron chi connectivity index (χ4n) is 2.67. The van der Waals surface area contributed by atoms with Gasteiger partial charge in [-0.05, 0) is 38.0 Å². The maximum Gasteiger partial charge on any atom is 0.0367 e. The predicted molar refractivity (Wildman–Crippen MR) is 82.6 cm³/mol. The van der Waals surface area contributed by atoms with Crippen LogP contribution < -0.4 is 10.6 Å². The maximum absolute atomic E-state index is 5.89. The summed E-state index contributed by atoms with van der Waals surface area (Å²) in [5.41, 5.74) is 8.43. The third kappa shape index (κ3) is 3.48. The lowest BCUT2D eigenvalue weighted by molar-refractivity contribution is 0.193. The lowest BCUT2D eigenvalue weighted by atomic mass is 10.1. The number of nitrogens with two attached hydrogens (primary N) is 1. The molecule has 106 valence electrons. The van der Waals surface area contributed by atoms with Crippen molar-refractivity contribution in [3.05, 3.63) is 29.8 Å². The van der Waals surface area contributed by atoms with Crippen LogP contribution in [0.2, 0.25) is 0 Å². The van der Waals surface area contributed by atoms with Crippen molar-refractivity contribution in [3.8, 4) is 0 Å². The number of hydrogen-bond donors (Lipinski definition) is 1. The lowest BCUT2D eigenvalue weighted by Crippen LogP contribution is -2.49. The molecule has 3 nitrogen and oxygen atoms in total. The van der Waals surface area contributed by atoms with Gasteiger partial charge in [-0.3, -0.25) is 4.90 Å². The average molecular weight is 261 g/mol. The molecule has 1 aliphatic rings. The fourth-order valence-corrected chi connectivity index (χ4v) is 2.67. The number of hydrogen-bond acceptors (Lipinski definition) is 3. The molecule has 1 aromatic rings. The molecule has 0 saturated carbocycles. The first-order chi connectivity index (χ1) is 9.11. The summed E-state index contributed by atoms with van der Waals surface area (Å²) in [5, 5.41) is 0. The van der Waals surface area contributed by atoms with Gasteiger partial charge < -0.3 is 10.6 Å². The Morgan fingerprint density at radius 3 is 2.11 bits per heavy atom. The molecule has 2 N–H and O–H groups in total. The van der Waals surface area contributed by atoms with Crippen LogP contribution in [0.15, 0.2) is 24.3 Å². The van der Waals surface area contributed by atoms with Crippen molar-refractivity contribution in [3.63, 3.8) is 0 Å². The van der Waals surface area contributed by atoms with Gasteiger partial charge in [-0.2, -0.15) is 0 Å². The Kier molecular flexibility index (Phi) is 4.83. The van der Waals surface area contributed by atoms with E-state index in [0.717, 1.165) is 13.1 Å². The van der Waals surface area contributed by atoms with Crippen LogP contribution in [0.25, 0.3) is 0 Å². The first-order valence-electron chi connectivity index (χ1n) is 7.46. The van der Waals surface area contributed by atoms with Crippen molar-refractivity contribution in [1.29, 1.82) is 0 Å². The van der Waals surface area contributed by atoms with Gasteiger partial charge in [0.05, 0.1) is 0 Å². The molecule has 1 unspecified atom stereocenters. The third-order valence-corrected chi connectivity index (χ3v) is 4.31. The molecule has 0 aromatic heterocycles. The summed E-state index contributed by atoms with van der Waals surface area (Å²) in [4.78, 5) is 5.07. The van der Waals surface area contributed by atoms with Crippen molar-refractivity contribution in [1.82, 2.24) is 4.90 Å². The van der Waals surface area contributed by atoms with Gasteiger partial charge in [0.2, 0.25) is 0 Å². The Bertz CT molecular complexity index is 377. The molecule has 0 spiro atoms. The minimum Gasteiger partial charge on any atom is -0.369 e. The molecule has 0 aliphatic carbocycles. The van der Waals surface area contributed by atoms with Gasteiger partial charge in [0.1, 0.15) is 0 Å². The van der Waals surface area contributed by atoms with Gasteiger partial charge in [-0.1, -0.05) is 19.1 Å². The fraction of sp³-hybridized carbons (Fsp3) is 0.625. The van der Waals surface area contributed by atoms with Crippen molar-refractivity contribution in [2.75, 3.05) is 31.1 Å². The molecule has 1 aromatic carbocycles. The highest BCUT2D eigenvalue weighted by molar-refractivity contribution is 5.48. The molecule has 0 radical (unpaired) electrons. The van der Waals surface area contributed by atoms with Gasteiger partial charge in [0.25, 0.3) is 0 Å². The van der Waals surface area contributed by atoms with Crippen LogP contribution in [-0.4, -0.2) is 37.1 Å². The second kappa shape index (κ2) is 6.40. The average Bonchev–Trinajstić information content (AvgIpc) is 2.46. The Labute approximate surface area is 117 Å². The minimum absolute atomic E-state index is 0.122. The molecule has 1 saturated heterocycles. The van der Waals surface area contributed by atoms with Crippen molar-refractivity contribution in [2.45, 2.75) is 39.3 Å². The molecule has 2 atom stereocenters. The van der Waals surface area contributed by atoms with Crippen LogP contribution in [-0.2, 0) is 0 Å². The van der Waals surface area contributed by atoms with E-state index < -0.39 is 0 Å². The van der Waals surface area contributed by atoms with Gasteiger partial charge in [-0.25, -0.2) is 0 Å². The van der Waals surface area contributed by atoms with E-state index in [2.05, 4.69) is 47.9 Å². The summed E-state index contributed by atoms with van der Waals surface area (Å²) >= 11 is 0. The highest BCUT2D eigenvalue weighted by atomic mass is 15.3. The smallest absolute Gasteiger partial charge is 0.0367 e. The van der Waals surface area contributed by atoms with Crippen LogP contribution in [0.3, 0.4) is 0 Å². The molecular weight excluding hydrogens is 234 g/mol. The highest BCUT2D eigenvalue weighted by Gasteiger charge is 2.20. The molecule has 0 amide bonds. The minimum atomic E-state index is 0.122. The zero-order valence-corrected chi connectivity index (χ0v) is 12.5. The summed E-state index contributed by atoms with van der Waals surface area (Å²) in [6.45, 7) is 11.2. The molecule has 1 aliphatic heterocycles. The van der Waals surface area contributed by atoms with Crippen LogP contribution in [0.1, 0.15) is 38.8 Å². The SMILES string of the molecule is CCC(C)N1CCN(c2ccc([C@@H](C)N)cc2)CC1. The standard InChI is InChI=1S/C16H27N3/c1-4-13(2)18-9-11-19(12-10-18)16-7-5-15(6-8-16)14(3)17/h5-8,13-14H,4,9-12,17H2,1-3H3/t13?,14-/m1/s1. The molecule has 2 rings (SSSR count). The molecule has 3 heteroatoms. The summed E-state index contributed by atoms with van der Waals surface area (Å²) < 4.78 is 0. The zero-order valence-electron chi connectivity index (χ0n) is 12.5. The lowest BCUT2D eigenvalue weighted by Gasteiger charge is -2.39. The van der Waals surface area contributed by atoms with E-state index in [0.29, 0.717) is 6.04 Å². The monoisotopic (exact) mass is 261 g/mol. The van der Waals surface area contributed by atoms with Crippen LogP contribution in [0.5, 0.6) is 0 Å². The second-order valence-corrected chi connectivity index (χ2v) is 5.66. The number of benzene rings is 1. The third-order valence-electron chi connectivity index (χ3n) is 4.31. The Morgan fingerprint density at radius 2 is 1.63 bits per heavy atom. The Hall–Kier alpha value is -1.06. The zero-order chi connectivity index (χ0) is 13.8. The van der Waals surface area contributed by atoms with Crippen molar-refractivity contribution < 1.29 is 0 Å². The summed E-state index contributed by atoms with van der Waals surface area (Å²) in [6, 6.07) is 9.55. The predicted octanol–water partition coefficient (Wildman–Crippen LogP) is 2.63. The molecule has 19 heavy (non-hydrogen) atoms. The van der Waals surface area contributed by atoms with Gasteiger partial charge in [0, 0.05) is 44.0 Å². The number of nitrogens with zero attached hydrogens (tertiary/aromatic N) is 2. The first-order valence-corrected chi connectivity index (χ1v) is 7.46. The van der Waals surface area contributed by atoms with E-state index in [1.54, 1.807) is 0 Å². The summed E-state index contributed by atoms with van der Waals surface area (Å²) in [7, 11) is 0. The highest BCUT2D eigenvalue weighted by Crippen LogP contribution is 2.20. The number of piperazine rings is 1. The maximum atomic E-state index is 5.89. The molecule has 1 fully saturated rings. The molecule has 1 heterocycles. The molecular formula is C16H27N3. The number of rotatable bonds is 4. The van der Waals surface area contributed by atoms with Gasteiger partial charge >= 0.3 is 0 Å². The van der Waals surface area contributed by atoms with Crippen LogP contribution in [0.4, 0.5) is 5.69 Å². The van der Waals surface area contributed by atoms with E-state index in [1.807, 2.05) is 6.92 Å². The van der Waals surface area contributed by atoms with E-state index >= 15 is 0 Å².